The molecule has 1 saturated heterocycles. The molecule has 0 N–H and O–H groups in total. The molecule has 1 aliphatic heterocycles. The molecule has 0 atom stereocenters. The van der Waals surface area contributed by atoms with Gasteiger partial charge in [0.15, 0.2) is 0 Å². The third-order valence-electron chi connectivity index (χ3n) is 4.34. The van der Waals surface area contributed by atoms with Crippen LogP contribution in [0, 0.1) is 18.3 Å². The maximum Gasteiger partial charge on any atom is 0.230 e. The molecule has 0 aromatic heterocycles. The first kappa shape index (κ1) is 16.3. The van der Waals surface area contributed by atoms with E-state index in [0.717, 1.165) is 29.7 Å². The van der Waals surface area contributed by atoms with Gasteiger partial charge < -0.3 is 9.64 Å². The van der Waals surface area contributed by atoms with Crippen LogP contribution in [0.5, 0.6) is 0 Å². The molecule has 1 amide bonds. The topological polar surface area (TPSA) is 29.5 Å². The predicted molar refractivity (Wildman–Crippen MR) is 95.6 cm³/mol. The van der Waals surface area contributed by atoms with Crippen LogP contribution in [0.4, 0.5) is 5.69 Å². The molecule has 0 bridgehead atoms. The number of ether oxygens (including phenoxy) is 1. The predicted octanol–water partition coefficient (Wildman–Crippen LogP) is 3.63. The van der Waals surface area contributed by atoms with Gasteiger partial charge in [-0.05, 0) is 36.6 Å². The number of anilines is 1. The molecule has 3 rings (SSSR count). The first-order valence-electron chi connectivity index (χ1n) is 8.27. The lowest BCUT2D eigenvalue weighted by Crippen LogP contribution is -2.38. The number of hydrogen-bond donors (Lipinski definition) is 0. The Hall–Kier alpha value is -2.57. The van der Waals surface area contributed by atoms with Crippen LogP contribution in [0.25, 0.3) is 0 Å². The molecule has 3 nitrogen and oxygen atoms in total. The van der Waals surface area contributed by atoms with Crippen LogP contribution in [-0.2, 0) is 16.1 Å². The van der Waals surface area contributed by atoms with Crippen molar-refractivity contribution in [3.05, 3.63) is 65.7 Å². The van der Waals surface area contributed by atoms with E-state index in [1.54, 1.807) is 0 Å². The van der Waals surface area contributed by atoms with Crippen molar-refractivity contribution in [3.8, 4) is 12.3 Å². The fourth-order valence-corrected chi connectivity index (χ4v) is 2.99. The first-order chi connectivity index (χ1) is 11.8. The van der Waals surface area contributed by atoms with Crippen LogP contribution < -0.4 is 4.90 Å². The van der Waals surface area contributed by atoms with Crippen molar-refractivity contribution >= 4 is 11.6 Å². The molecular formula is C21H21NO2. The van der Waals surface area contributed by atoms with Crippen LogP contribution in [0.2, 0.25) is 0 Å². The highest BCUT2D eigenvalue weighted by Crippen LogP contribution is 2.25. The van der Waals surface area contributed by atoms with Crippen LogP contribution in [0.3, 0.4) is 0 Å². The molecule has 0 unspecified atom stereocenters. The van der Waals surface area contributed by atoms with Gasteiger partial charge in [0.05, 0.1) is 6.54 Å². The third kappa shape index (κ3) is 3.84. The van der Waals surface area contributed by atoms with E-state index in [1.165, 1.54) is 0 Å². The highest BCUT2D eigenvalue weighted by molar-refractivity contribution is 5.95. The van der Waals surface area contributed by atoms with E-state index in [2.05, 4.69) is 5.92 Å². The number of terminal acetylenes is 1. The van der Waals surface area contributed by atoms with Gasteiger partial charge >= 0.3 is 0 Å². The van der Waals surface area contributed by atoms with Crippen molar-refractivity contribution in [2.24, 2.45) is 5.92 Å². The summed E-state index contributed by atoms with van der Waals surface area (Å²) in [5.74, 6) is 2.81. The van der Waals surface area contributed by atoms with E-state index in [-0.39, 0.29) is 11.8 Å². The minimum Gasteiger partial charge on any atom is -0.381 e. The Morgan fingerprint density at radius 1 is 1.12 bits per heavy atom. The van der Waals surface area contributed by atoms with E-state index in [0.29, 0.717) is 19.8 Å². The Labute approximate surface area is 143 Å². The van der Waals surface area contributed by atoms with Crippen molar-refractivity contribution in [1.29, 1.82) is 0 Å². The summed E-state index contributed by atoms with van der Waals surface area (Å²) in [7, 11) is 0. The van der Waals surface area contributed by atoms with Crippen molar-refractivity contribution in [3.63, 3.8) is 0 Å². The summed E-state index contributed by atoms with van der Waals surface area (Å²) in [5.41, 5.74) is 2.74. The largest absolute Gasteiger partial charge is 0.381 e. The number of hydrogen-bond acceptors (Lipinski definition) is 2. The normalized spacial score (nSPS) is 14.8. The maximum absolute atomic E-state index is 13.1. The standard InChI is InChI=1S/C21H21NO2/c1-2-17-9-6-10-20(15-17)22(16-18-7-4-3-5-8-18)21(23)19-11-13-24-14-12-19/h1,3-10,15,19H,11-14,16H2. The zero-order valence-corrected chi connectivity index (χ0v) is 13.7. The average Bonchev–Trinajstić information content (AvgIpc) is 2.67. The molecule has 24 heavy (non-hydrogen) atoms. The average molecular weight is 319 g/mol. The van der Waals surface area contributed by atoms with Crippen LogP contribution in [-0.4, -0.2) is 19.1 Å². The second kappa shape index (κ2) is 7.81. The fraction of sp³-hybridized carbons (Fsp3) is 0.286. The smallest absolute Gasteiger partial charge is 0.230 e. The summed E-state index contributed by atoms with van der Waals surface area (Å²) in [4.78, 5) is 15.0. The summed E-state index contributed by atoms with van der Waals surface area (Å²) in [6.45, 7) is 1.85. The maximum atomic E-state index is 13.1. The van der Waals surface area contributed by atoms with E-state index >= 15 is 0 Å². The molecule has 2 aromatic rings. The van der Waals surface area contributed by atoms with Gasteiger partial charge in [-0.15, -0.1) is 6.42 Å². The molecule has 2 aromatic carbocycles. The molecule has 0 aliphatic carbocycles. The van der Waals surface area contributed by atoms with Gasteiger partial charge in [0, 0.05) is 30.4 Å². The number of rotatable bonds is 4. The molecule has 1 aliphatic rings. The van der Waals surface area contributed by atoms with Gasteiger partial charge in [0.1, 0.15) is 0 Å². The highest BCUT2D eigenvalue weighted by Gasteiger charge is 2.27. The number of carbonyl (C=O) groups is 1. The summed E-state index contributed by atoms with van der Waals surface area (Å²) in [6.07, 6.45) is 7.07. The van der Waals surface area contributed by atoms with Gasteiger partial charge in [-0.3, -0.25) is 4.79 Å². The summed E-state index contributed by atoms with van der Waals surface area (Å²) >= 11 is 0. The molecular weight excluding hydrogens is 298 g/mol. The van der Waals surface area contributed by atoms with Crippen LogP contribution in [0.15, 0.2) is 54.6 Å². The molecule has 1 fully saturated rings. The number of carbonyl (C=O) groups excluding carboxylic acids is 1. The number of benzene rings is 2. The Morgan fingerprint density at radius 2 is 1.88 bits per heavy atom. The Balaban J connectivity index is 1.90. The Bertz CT molecular complexity index is 727. The fourth-order valence-electron chi connectivity index (χ4n) is 2.99. The molecule has 1 heterocycles. The Kier molecular flexibility index (Phi) is 5.30. The quantitative estimate of drug-likeness (QED) is 0.806. The van der Waals surface area contributed by atoms with E-state index in [1.807, 2.05) is 59.5 Å². The zero-order chi connectivity index (χ0) is 16.8. The van der Waals surface area contributed by atoms with Crippen LogP contribution in [0.1, 0.15) is 24.0 Å². The third-order valence-corrected chi connectivity index (χ3v) is 4.34. The van der Waals surface area contributed by atoms with E-state index in [4.69, 9.17) is 11.2 Å². The van der Waals surface area contributed by atoms with Gasteiger partial charge in [-0.2, -0.15) is 0 Å². The van der Waals surface area contributed by atoms with Crippen molar-refractivity contribution in [2.75, 3.05) is 18.1 Å². The SMILES string of the molecule is C#Cc1cccc(N(Cc2ccccc2)C(=O)C2CCOCC2)c1. The van der Waals surface area contributed by atoms with Crippen molar-refractivity contribution in [2.45, 2.75) is 19.4 Å². The number of nitrogens with zero attached hydrogens (tertiary/aromatic N) is 1. The monoisotopic (exact) mass is 319 g/mol. The number of amides is 1. The van der Waals surface area contributed by atoms with Gasteiger partial charge in [-0.1, -0.05) is 42.3 Å². The van der Waals surface area contributed by atoms with Gasteiger partial charge in [0.2, 0.25) is 5.91 Å². The van der Waals surface area contributed by atoms with E-state index < -0.39 is 0 Å². The van der Waals surface area contributed by atoms with Crippen LogP contribution >= 0.6 is 0 Å². The van der Waals surface area contributed by atoms with Gasteiger partial charge in [-0.25, -0.2) is 0 Å². The lowest BCUT2D eigenvalue weighted by atomic mass is 9.97. The lowest BCUT2D eigenvalue weighted by Gasteiger charge is -2.29. The Morgan fingerprint density at radius 3 is 2.58 bits per heavy atom. The van der Waals surface area contributed by atoms with Gasteiger partial charge in [0.25, 0.3) is 0 Å². The van der Waals surface area contributed by atoms with Crippen molar-refractivity contribution < 1.29 is 9.53 Å². The van der Waals surface area contributed by atoms with E-state index in [9.17, 15) is 4.79 Å². The first-order valence-corrected chi connectivity index (χ1v) is 8.27. The second-order valence-electron chi connectivity index (χ2n) is 5.99. The molecule has 3 heteroatoms. The molecule has 122 valence electrons. The molecule has 0 spiro atoms. The highest BCUT2D eigenvalue weighted by atomic mass is 16.5. The molecule has 0 saturated carbocycles. The lowest BCUT2D eigenvalue weighted by molar-refractivity contribution is -0.125. The second-order valence-corrected chi connectivity index (χ2v) is 5.99. The minimum atomic E-state index is 0.0111. The zero-order valence-electron chi connectivity index (χ0n) is 13.7. The van der Waals surface area contributed by atoms with Crippen molar-refractivity contribution in [1.82, 2.24) is 0 Å². The summed E-state index contributed by atoms with van der Waals surface area (Å²) < 4.78 is 5.39. The summed E-state index contributed by atoms with van der Waals surface area (Å²) in [5, 5.41) is 0. The summed E-state index contributed by atoms with van der Waals surface area (Å²) in [6, 6.07) is 17.7. The molecule has 0 radical (unpaired) electrons. The minimum absolute atomic E-state index is 0.0111.